The maximum atomic E-state index is 11.8. The standard InChI is InChI=1S/C20H19N5O/c1-3-11-21-20(26)16-9-10-18(22-12-16)23-13-17-14-25(2)24-19(17)15-7-5-4-6-8-15/h1,4-10,12,14H,11,13H2,2H3,(H,21,26)(H,22,23). The largest absolute Gasteiger partial charge is 0.366 e. The number of anilines is 1. The van der Waals surface area contributed by atoms with Crippen LogP contribution in [0.4, 0.5) is 5.82 Å². The molecule has 6 heteroatoms. The van der Waals surface area contributed by atoms with Crippen LogP contribution in [0.3, 0.4) is 0 Å². The smallest absolute Gasteiger partial charge is 0.253 e. The number of amides is 1. The van der Waals surface area contributed by atoms with Gasteiger partial charge in [-0.15, -0.1) is 6.42 Å². The molecule has 0 unspecified atom stereocenters. The predicted octanol–water partition coefficient (Wildman–Crippen LogP) is 2.46. The fourth-order valence-corrected chi connectivity index (χ4v) is 2.56. The van der Waals surface area contributed by atoms with Gasteiger partial charge < -0.3 is 10.6 Å². The summed E-state index contributed by atoms with van der Waals surface area (Å²) in [6, 6.07) is 13.5. The zero-order valence-corrected chi connectivity index (χ0v) is 14.4. The number of nitrogens with zero attached hydrogens (tertiary/aromatic N) is 3. The molecule has 0 radical (unpaired) electrons. The van der Waals surface area contributed by atoms with Crippen molar-refractivity contribution in [3.63, 3.8) is 0 Å². The van der Waals surface area contributed by atoms with Gasteiger partial charge in [-0.2, -0.15) is 5.10 Å². The van der Waals surface area contributed by atoms with Crippen molar-refractivity contribution >= 4 is 11.7 Å². The number of carbonyl (C=O) groups is 1. The van der Waals surface area contributed by atoms with Gasteiger partial charge in [0.15, 0.2) is 0 Å². The van der Waals surface area contributed by atoms with Crippen LogP contribution in [0.25, 0.3) is 11.3 Å². The van der Waals surface area contributed by atoms with Crippen LogP contribution >= 0.6 is 0 Å². The van der Waals surface area contributed by atoms with E-state index in [1.165, 1.54) is 6.20 Å². The summed E-state index contributed by atoms with van der Waals surface area (Å²) in [5.41, 5.74) is 3.54. The van der Waals surface area contributed by atoms with E-state index in [9.17, 15) is 4.79 Å². The number of carbonyl (C=O) groups excluding carboxylic acids is 1. The minimum absolute atomic E-state index is 0.197. The second-order valence-corrected chi connectivity index (χ2v) is 5.72. The Hall–Kier alpha value is -3.59. The lowest BCUT2D eigenvalue weighted by molar-refractivity contribution is 0.0958. The number of benzene rings is 1. The Labute approximate surface area is 152 Å². The van der Waals surface area contributed by atoms with Crippen LogP contribution < -0.4 is 10.6 Å². The highest BCUT2D eigenvalue weighted by atomic mass is 16.1. The summed E-state index contributed by atoms with van der Waals surface area (Å²) in [7, 11) is 1.90. The Kier molecular flexibility index (Phi) is 5.30. The van der Waals surface area contributed by atoms with Crippen LogP contribution in [-0.2, 0) is 13.6 Å². The van der Waals surface area contributed by atoms with Crippen molar-refractivity contribution in [2.45, 2.75) is 6.54 Å². The van der Waals surface area contributed by atoms with Gasteiger partial charge >= 0.3 is 0 Å². The average Bonchev–Trinajstić information content (AvgIpc) is 3.06. The summed E-state index contributed by atoms with van der Waals surface area (Å²) in [4.78, 5) is 16.1. The topological polar surface area (TPSA) is 71.8 Å². The minimum Gasteiger partial charge on any atom is -0.366 e. The first-order chi connectivity index (χ1) is 12.7. The third-order valence-corrected chi connectivity index (χ3v) is 3.79. The lowest BCUT2D eigenvalue weighted by Gasteiger charge is -2.07. The first kappa shape index (κ1) is 17.2. The molecule has 2 heterocycles. The lowest BCUT2D eigenvalue weighted by Crippen LogP contribution is -2.23. The van der Waals surface area contributed by atoms with Gasteiger partial charge in [-0.05, 0) is 12.1 Å². The molecular formula is C20H19N5O. The molecule has 0 fully saturated rings. The summed E-state index contributed by atoms with van der Waals surface area (Å²) < 4.78 is 1.80. The van der Waals surface area contributed by atoms with E-state index >= 15 is 0 Å². The van der Waals surface area contributed by atoms with E-state index in [0.29, 0.717) is 17.9 Å². The predicted molar refractivity (Wildman–Crippen MR) is 101 cm³/mol. The molecular weight excluding hydrogens is 326 g/mol. The maximum Gasteiger partial charge on any atom is 0.253 e. The summed E-state index contributed by atoms with van der Waals surface area (Å²) in [6.45, 7) is 0.774. The van der Waals surface area contributed by atoms with Crippen LogP contribution in [-0.4, -0.2) is 27.2 Å². The van der Waals surface area contributed by atoms with Crippen molar-refractivity contribution in [1.82, 2.24) is 20.1 Å². The number of aromatic nitrogens is 3. The number of rotatable bonds is 6. The van der Waals surface area contributed by atoms with E-state index < -0.39 is 0 Å². The quantitative estimate of drug-likeness (QED) is 0.673. The SMILES string of the molecule is C#CCNC(=O)c1ccc(NCc2cn(C)nc2-c2ccccc2)nc1. The van der Waals surface area contributed by atoms with Crippen LogP contribution in [0, 0.1) is 12.3 Å². The second kappa shape index (κ2) is 7.99. The van der Waals surface area contributed by atoms with E-state index in [-0.39, 0.29) is 12.5 Å². The molecule has 0 bridgehead atoms. The van der Waals surface area contributed by atoms with Crippen LogP contribution in [0.1, 0.15) is 15.9 Å². The molecule has 0 atom stereocenters. The Balaban J connectivity index is 1.68. The lowest BCUT2D eigenvalue weighted by atomic mass is 10.1. The van der Waals surface area contributed by atoms with Crippen molar-refractivity contribution in [3.05, 3.63) is 66.0 Å². The Bertz CT molecular complexity index is 923. The number of terminal acetylenes is 1. The molecule has 26 heavy (non-hydrogen) atoms. The van der Waals surface area contributed by atoms with Crippen LogP contribution in [0.15, 0.2) is 54.9 Å². The van der Waals surface area contributed by atoms with Gasteiger partial charge in [-0.1, -0.05) is 36.3 Å². The molecule has 2 N–H and O–H groups in total. The van der Waals surface area contributed by atoms with E-state index in [1.807, 2.05) is 43.6 Å². The first-order valence-electron chi connectivity index (χ1n) is 8.17. The maximum absolute atomic E-state index is 11.8. The van der Waals surface area contributed by atoms with E-state index in [1.54, 1.807) is 16.8 Å². The molecule has 130 valence electrons. The van der Waals surface area contributed by atoms with Crippen molar-refractivity contribution in [3.8, 4) is 23.6 Å². The Morgan fingerprint density at radius 3 is 2.73 bits per heavy atom. The molecule has 0 aliphatic rings. The highest BCUT2D eigenvalue weighted by molar-refractivity contribution is 5.94. The highest BCUT2D eigenvalue weighted by Crippen LogP contribution is 2.22. The summed E-state index contributed by atoms with van der Waals surface area (Å²) >= 11 is 0. The van der Waals surface area contributed by atoms with Crippen molar-refractivity contribution in [2.75, 3.05) is 11.9 Å². The van der Waals surface area contributed by atoms with Crippen molar-refractivity contribution in [2.24, 2.45) is 7.05 Å². The normalized spacial score (nSPS) is 10.2. The second-order valence-electron chi connectivity index (χ2n) is 5.72. The average molecular weight is 345 g/mol. The summed E-state index contributed by atoms with van der Waals surface area (Å²) in [5.74, 6) is 2.81. The molecule has 2 aromatic heterocycles. The third-order valence-electron chi connectivity index (χ3n) is 3.79. The monoisotopic (exact) mass is 345 g/mol. The zero-order valence-electron chi connectivity index (χ0n) is 14.4. The fourth-order valence-electron chi connectivity index (χ4n) is 2.56. The molecule has 3 aromatic rings. The van der Waals surface area contributed by atoms with E-state index in [2.05, 4.69) is 26.6 Å². The number of hydrogen-bond acceptors (Lipinski definition) is 4. The van der Waals surface area contributed by atoms with Crippen molar-refractivity contribution in [1.29, 1.82) is 0 Å². The van der Waals surface area contributed by atoms with Gasteiger partial charge in [0.2, 0.25) is 0 Å². The molecule has 1 aromatic carbocycles. The molecule has 0 spiro atoms. The zero-order chi connectivity index (χ0) is 18.4. The fraction of sp³-hybridized carbons (Fsp3) is 0.150. The van der Waals surface area contributed by atoms with Gasteiger partial charge in [0, 0.05) is 37.1 Å². The van der Waals surface area contributed by atoms with E-state index in [0.717, 1.165) is 16.8 Å². The third kappa shape index (κ3) is 4.08. The first-order valence-corrected chi connectivity index (χ1v) is 8.17. The number of hydrogen-bond donors (Lipinski definition) is 2. The molecule has 0 saturated heterocycles. The van der Waals surface area contributed by atoms with Crippen LogP contribution in [0.2, 0.25) is 0 Å². The number of nitrogens with one attached hydrogen (secondary N) is 2. The molecule has 0 aliphatic carbocycles. The Morgan fingerprint density at radius 2 is 2.04 bits per heavy atom. The molecule has 1 amide bonds. The molecule has 0 saturated carbocycles. The van der Waals surface area contributed by atoms with Gasteiger partial charge in [0.05, 0.1) is 17.8 Å². The van der Waals surface area contributed by atoms with Crippen molar-refractivity contribution < 1.29 is 4.79 Å². The molecule has 0 aliphatic heterocycles. The van der Waals surface area contributed by atoms with E-state index in [4.69, 9.17) is 6.42 Å². The van der Waals surface area contributed by atoms with Gasteiger partial charge in [-0.3, -0.25) is 9.48 Å². The minimum atomic E-state index is -0.236. The molecule has 3 rings (SSSR count). The van der Waals surface area contributed by atoms with Gasteiger partial charge in [0.25, 0.3) is 5.91 Å². The highest BCUT2D eigenvalue weighted by Gasteiger charge is 2.10. The summed E-state index contributed by atoms with van der Waals surface area (Å²) in [5, 5.41) is 10.4. The molecule has 6 nitrogen and oxygen atoms in total. The summed E-state index contributed by atoms with van der Waals surface area (Å²) in [6.07, 6.45) is 8.64. The van der Waals surface area contributed by atoms with Gasteiger partial charge in [-0.25, -0.2) is 4.98 Å². The number of aryl methyl sites for hydroxylation is 1. The number of pyridine rings is 1. The van der Waals surface area contributed by atoms with Gasteiger partial charge in [0.1, 0.15) is 5.82 Å². The Morgan fingerprint density at radius 1 is 1.23 bits per heavy atom. The van der Waals surface area contributed by atoms with Crippen LogP contribution in [0.5, 0.6) is 0 Å².